The molecule has 1 aromatic rings. The van der Waals surface area contributed by atoms with Crippen molar-refractivity contribution in [3.8, 4) is 0 Å². The van der Waals surface area contributed by atoms with E-state index in [1.165, 1.54) is 11.8 Å². The summed E-state index contributed by atoms with van der Waals surface area (Å²) in [6.45, 7) is 8.31. The van der Waals surface area contributed by atoms with Gasteiger partial charge in [0.05, 0.1) is 18.3 Å². The maximum atomic E-state index is 13.6. The predicted molar refractivity (Wildman–Crippen MR) is 170 cm³/mol. The van der Waals surface area contributed by atoms with Gasteiger partial charge in [-0.15, -0.1) is 11.8 Å². The van der Waals surface area contributed by atoms with E-state index in [1.807, 2.05) is 24.3 Å². The van der Waals surface area contributed by atoms with Gasteiger partial charge in [-0.2, -0.15) is 0 Å². The molecular formula is C34H53N3O5S. The maximum absolute atomic E-state index is 13.6. The first-order chi connectivity index (χ1) is 20.6. The number of benzene rings is 1. The zero-order chi connectivity index (χ0) is 31.2. The van der Waals surface area contributed by atoms with E-state index >= 15 is 0 Å². The summed E-state index contributed by atoms with van der Waals surface area (Å²) in [5.41, 5.74) is 11.5. The van der Waals surface area contributed by atoms with Gasteiger partial charge in [-0.1, -0.05) is 39.3 Å². The minimum atomic E-state index is -0.541. The van der Waals surface area contributed by atoms with E-state index < -0.39 is 17.6 Å². The van der Waals surface area contributed by atoms with Gasteiger partial charge in [-0.05, 0) is 98.9 Å². The Morgan fingerprint density at radius 2 is 1.81 bits per heavy atom. The molecule has 9 heteroatoms. The molecule has 6 N–H and O–H groups in total. The number of hydrogen-bond donors (Lipinski definition) is 4. The monoisotopic (exact) mass is 615 g/mol. The van der Waals surface area contributed by atoms with Crippen LogP contribution in [0.15, 0.2) is 29.2 Å². The SMILES string of the molecule is C[C@@H]1CC[C@@]23CCC(=O)[C@H]2[C@]1(C)[C@@H](OC(=O)CSc1ccc(CC(=O)NCCCN)cc1)C[C@H](CCCCN)[C@@H](O)[C@@H]3C. The lowest BCUT2D eigenvalue weighted by molar-refractivity contribution is -0.199. The molecule has 43 heavy (non-hydrogen) atoms. The number of amides is 1. The fraction of sp³-hybridized carbons (Fsp3) is 0.735. The number of nitrogens with one attached hydrogen (secondary N) is 1. The average molecular weight is 616 g/mol. The van der Waals surface area contributed by atoms with Crippen LogP contribution in [0.25, 0.3) is 0 Å². The number of hydrogen-bond acceptors (Lipinski definition) is 8. The fourth-order valence-electron chi connectivity index (χ4n) is 8.55. The van der Waals surface area contributed by atoms with Gasteiger partial charge in [0, 0.05) is 29.2 Å². The first-order valence-corrected chi connectivity index (χ1v) is 17.3. The molecule has 0 radical (unpaired) electrons. The number of ketones is 1. The zero-order valence-corrected chi connectivity index (χ0v) is 27.1. The molecule has 3 saturated carbocycles. The smallest absolute Gasteiger partial charge is 0.316 e. The van der Waals surface area contributed by atoms with Crippen molar-refractivity contribution in [2.24, 2.45) is 46.0 Å². The van der Waals surface area contributed by atoms with Crippen molar-refractivity contribution in [3.05, 3.63) is 29.8 Å². The van der Waals surface area contributed by atoms with Crippen molar-refractivity contribution in [1.29, 1.82) is 0 Å². The Bertz CT molecular complexity index is 1120. The quantitative estimate of drug-likeness (QED) is 0.147. The number of rotatable bonds is 13. The van der Waals surface area contributed by atoms with Crippen LogP contribution >= 0.6 is 11.8 Å². The Balaban J connectivity index is 1.48. The van der Waals surface area contributed by atoms with E-state index in [0.717, 1.165) is 55.4 Å². The van der Waals surface area contributed by atoms with Crippen LogP contribution in [-0.4, -0.2) is 60.4 Å². The number of aliphatic hydroxyl groups excluding tert-OH is 1. The standard InChI is InChI=1S/C34H53N3O5S/c1-22-12-14-34-15-13-27(38)32(34)33(22,3)28(20-25(7-4-5-16-35)31(41)23(34)2)42-30(40)21-43-26-10-8-24(9-11-26)19-29(39)37-18-6-17-36/h8-11,22-23,25,28,31-32,41H,4-7,12-21,35-36H2,1-3H3,(H,37,39)/t22-,23+,25+,28+,31+,32+,33+,34+/m1/s1. The Morgan fingerprint density at radius 3 is 2.51 bits per heavy atom. The van der Waals surface area contributed by atoms with E-state index in [9.17, 15) is 19.5 Å². The van der Waals surface area contributed by atoms with Crippen LogP contribution in [0.1, 0.15) is 84.1 Å². The second-order valence-corrected chi connectivity index (χ2v) is 14.6. The van der Waals surface area contributed by atoms with Crippen molar-refractivity contribution in [2.75, 3.05) is 25.4 Å². The average Bonchev–Trinajstić information content (AvgIpc) is 3.34. The van der Waals surface area contributed by atoms with Crippen molar-refractivity contribution < 1.29 is 24.2 Å². The number of ether oxygens (including phenoxy) is 1. The molecule has 3 fully saturated rings. The molecule has 0 saturated heterocycles. The van der Waals surface area contributed by atoms with Gasteiger partial charge in [0.2, 0.25) is 5.91 Å². The van der Waals surface area contributed by atoms with Crippen molar-refractivity contribution in [3.63, 3.8) is 0 Å². The minimum Gasteiger partial charge on any atom is -0.461 e. The molecule has 1 aromatic carbocycles. The fourth-order valence-corrected chi connectivity index (χ4v) is 9.23. The predicted octanol–water partition coefficient (Wildman–Crippen LogP) is 4.25. The number of carbonyl (C=O) groups is 3. The summed E-state index contributed by atoms with van der Waals surface area (Å²) in [6.07, 6.45) is 6.57. The van der Waals surface area contributed by atoms with Crippen LogP contribution < -0.4 is 16.8 Å². The number of thioether (sulfide) groups is 1. The third-order valence-corrected chi connectivity index (χ3v) is 12.2. The molecular weight excluding hydrogens is 562 g/mol. The van der Waals surface area contributed by atoms with Gasteiger partial charge >= 0.3 is 5.97 Å². The molecule has 0 spiro atoms. The first kappa shape index (κ1) is 33.9. The number of nitrogens with two attached hydrogens (primary N) is 2. The molecule has 4 rings (SSSR count). The van der Waals surface area contributed by atoms with E-state index in [0.29, 0.717) is 38.9 Å². The van der Waals surface area contributed by atoms with Gasteiger partial charge in [0.25, 0.3) is 0 Å². The van der Waals surface area contributed by atoms with Gasteiger partial charge in [0.15, 0.2) is 0 Å². The second kappa shape index (κ2) is 14.9. The first-order valence-electron chi connectivity index (χ1n) is 16.4. The maximum Gasteiger partial charge on any atom is 0.316 e. The van der Waals surface area contributed by atoms with Crippen LogP contribution in [0.3, 0.4) is 0 Å². The topological polar surface area (TPSA) is 145 Å². The summed E-state index contributed by atoms with van der Waals surface area (Å²) in [5, 5.41) is 14.6. The Kier molecular flexibility index (Phi) is 11.8. The number of unbranched alkanes of at least 4 members (excludes halogenated alkanes) is 1. The summed E-state index contributed by atoms with van der Waals surface area (Å²) in [6, 6.07) is 7.68. The summed E-state index contributed by atoms with van der Waals surface area (Å²) >= 11 is 1.41. The highest BCUT2D eigenvalue weighted by Crippen LogP contribution is 2.67. The van der Waals surface area contributed by atoms with Crippen molar-refractivity contribution in [2.45, 2.75) is 102 Å². The number of Topliss-reactive ketones (excluding diaryl/α,β-unsaturated/α-hetero) is 1. The highest BCUT2D eigenvalue weighted by molar-refractivity contribution is 8.00. The largest absolute Gasteiger partial charge is 0.461 e. The molecule has 0 unspecified atom stereocenters. The normalized spacial score (nSPS) is 33.8. The summed E-state index contributed by atoms with van der Waals surface area (Å²) < 4.78 is 6.39. The molecule has 3 aliphatic carbocycles. The molecule has 3 aliphatic rings. The highest BCUT2D eigenvalue weighted by atomic mass is 32.2. The number of aliphatic hydroxyl groups is 1. The molecule has 8 atom stereocenters. The van der Waals surface area contributed by atoms with Crippen LogP contribution in [0.4, 0.5) is 0 Å². The van der Waals surface area contributed by atoms with Gasteiger partial charge in [-0.3, -0.25) is 14.4 Å². The Hall–Kier alpha value is -1.94. The zero-order valence-electron chi connectivity index (χ0n) is 26.3. The molecule has 0 aliphatic heterocycles. The van der Waals surface area contributed by atoms with E-state index in [2.05, 4.69) is 26.1 Å². The van der Waals surface area contributed by atoms with Gasteiger partial charge < -0.3 is 26.6 Å². The van der Waals surface area contributed by atoms with Crippen LogP contribution in [-0.2, 0) is 25.5 Å². The van der Waals surface area contributed by atoms with Crippen LogP contribution in [0, 0.1) is 34.5 Å². The lowest BCUT2D eigenvalue weighted by atomic mass is 9.45. The Labute approximate surface area is 261 Å². The molecule has 8 nitrogen and oxygen atoms in total. The van der Waals surface area contributed by atoms with Crippen LogP contribution in [0.2, 0.25) is 0 Å². The lowest BCUT2D eigenvalue weighted by Gasteiger charge is -2.60. The van der Waals surface area contributed by atoms with Gasteiger partial charge in [-0.25, -0.2) is 0 Å². The molecule has 240 valence electrons. The van der Waals surface area contributed by atoms with Crippen LogP contribution in [0.5, 0.6) is 0 Å². The molecule has 2 bridgehead atoms. The van der Waals surface area contributed by atoms with Gasteiger partial charge in [0.1, 0.15) is 11.9 Å². The third-order valence-electron chi connectivity index (χ3n) is 11.2. The summed E-state index contributed by atoms with van der Waals surface area (Å²) in [5.74, 6) is 0.133. The highest BCUT2D eigenvalue weighted by Gasteiger charge is 2.67. The molecule has 0 heterocycles. The molecule has 1 amide bonds. The minimum absolute atomic E-state index is 0.00907. The third kappa shape index (κ3) is 7.32. The van der Waals surface area contributed by atoms with E-state index in [1.54, 1.807) is 0 Å². The number of carbonyl (C=O) groups excluding carboxylic acids is 3. The van der Waals surface area contributed by atoms with E-state index in [-0.39, 0.29) is 52.5 Å². The summed E-state index contributed by atoms with van der Waals surface area (Å²) in [7, 11) is 0. The second-order valence-electron chi connectivity index (χ2n) is 13.6. The number of esters is 1. The van der Waals surface area contributed by atoms with Crippen molar-refractivity contribution in [1.82, 2.24) is 5.32 Å². The molecule has 0 aromatic heterocycles. The van der Waals surface area contributed by atoms with E-state index in [4.69, 9.17) is 16.2 Å². The Morgan fingerprint density at radius 1 is 1.09 bits per heavy atom. The summed E-state index contributed by atoms with van der Waals surface area (Å²) in [4.78, 5) is 40.1. The lowest BCUT2D eigenvalue weighted by Crippen LogP contribution is -2.61. The van der Waals surface area contributed by atoms with Crippen molar-refractivity contribution >= 4 is 29.4 Å².